The standard InChI is InChI=1S/C18H16FN3O3S/c1-9(22-16(24)11-4-2-3-5-12(11)17(22)25)15(23)21-18-20-13-7-6-10(19)8-14(13)26-18/h2-3,6-9,11-12H,4-5H2,1H3,(H,20,21,23)/t9-,11+,12+/m0/s1. The molecule has 1 N–H and O–H groups in total. The van der Waals surface area contributed by atoms with Crippen LogP contribution in [0.1, 0.15) is 19.8 Å². The Balaban J connectivity index is 1.52. The van der Waals surface area contributed by atoms with Crippen LogP contribution in [-0.2, 0) is 14.4 Å². The van der Waals surface area contributed by atoms with Crippen molar-refractivity contribution in [1.29, 1.82) is 0 Å². The summed E-state index contributed by atoms with van der Waals surface area (Å²) in [4.78, 5) is 43.0. The minimum Gasteiger partial charge on any atom is -0.300 e. The largest absolute Gasteiger partial charge is 0.300 e. The number of hydrogen-bond donors (Lipinski definition) is 1. The predicted molar refractivity (Wildman–Crippen MR) is 94.9 cm³/mol. The lowest BCUT2D eigenvalue weighted by Gasteiger charge is -2.21. The summed E-state index contributed by atoms with van der Waals surface area (Å²) in [5, 5.41) is 2.94. The van der Waals surface area contributed by atoms with Crippen molar-refractivity contribution in [3.63, 3.8) is 0 Å². The molecular weight excluding hydrogens is 357 g/mol. The molecule has 3 atom stereocenters. The zero-order valence-electron chi connectivity index (χ0n) is 13.9. The van der Waals surface area contributed by atoms with Crippen LogP contribution < -0.4 is 5.32 Å². The van der Waals surface area contributed by atoms with Gasteiger partial charge in [-0.1, -0.05) is 23.5 Å². The average Bonchev–Trinajstić information content (AvgIpc) is 3.13. The van der Waals surface area contributed by atoms with E-state index in [2.05, 4.69) is 10.3 Å². The van der Waals surface area contributed by atoms with Crippen molar-refractivity contribution in [1.82, 2.24) is 9.88 Å². The molecule has 1 aromatic carbocycles. The van der Waals surface area contributed by atoms with E-state index < -0.39 is 11.9 Å². The Morgan fingerprint density at radius 1 is 1.27 bits per heavy atom. The van der Waals surface area contributed by atoms with Crippen LogP contribution in [0.25, 0.3) is 10.2 Å². The maximum Gasteiger partial charge on any atom is 0.249 e. The number of nitrogens with one attached hydrogen (secondary N) is 1. The van der Waals surface area contributed by atoms with Gasteiger partial charge in [0.05, 0.1) is 22.1 Å². The van der Waals surface area contributed by atoms with E-state index in [1.807, 2.05) is 12.2 Å². The minimum atomic E-state index is -0.927. The highest BCUT2D eigenvalue weighted by molar-refractivity contribution is 7.22. The lowest BCUT2D eigenvalue weighted by atomic mass is 9.85. The molecule has 0 saturated carbocycles. The van der Waals surface area contributed by atoms with Gasteiger partial charge in [0, 0.05) is 0 Å². The first-order valence-corrected chi connectivity index (χ1v) is 9.16. The molecule has 1 saturated heterocycles. The number of aromatic nitrogens is 1. The number of halogens is 1. The fourth-order valence-electron chi connectivity index (χ4n) is 3.49. The van der Waals surface area contributed by atoms with Gasteiger partial charge in [-0.15, -0.1) is 0 Å². The van der Waals surface area contributed by atoms with Gasteiger partial charge in [0.25, 0.3) is 0 Å². The summed E-state index contributed by atoms with van der Waals surface area (Å²) < 4.78 is 13.9. The number of hydrogen-bond acceptors (Lipinski definition) is 5. The van der Waals surface area contributed by atoms with E-state index in [0.29, 0.717) is 28.2 Å². The van der Waals surface area contributed by atoms with Gasteiger partial charge < -0.3 is 5.32 Å². The Morgan fingerprint density at radius 3 is 2.58 bits per heavy atom. The highest BCUT2D eigenvalue weighted by Gasteiger charge is 2.50. The zero-order valence-corrected chi connectivity index (χ0v) is 14.8. The first-order chi connectivity index (χ1) is 12.5. The third-order valence-corrected chi connectivity index (χ3v) is 5.82. The van der Waals surface area contributed by atoms with Gasteiger partial charge in [-0.3, -0.25) is 19.3 Å². The molecule has 1 aliphatic carbocycles. The summed E-state index contributed by atoms with van der Waals surface area (Å²) >= 11 is 1.14. The van der Waals surface area contributed by atoms with Gasteiger partial charge in [-0.2, -0.15) is 0 Å². The number of fused-ring (bicyclic) bond motifs is 2. The Hall–Kier alpha value is -2.61. The normalized spacial score (nSPS) is 23.4. The second kappa shape index (κ2) is 6.28. The predicted octanol–water partition coefficient (Wildman–Crippen LogP) is 2.71. The molecule has 2 aromatic rings. The maximum atomic E-state index is 13.3. The fraction of sp³-hybridized carbons (Fsp3) is 0.333. The summed E-state index contributed by atoms with van der Waals surface area (Å²) in [7, 11) is 0. The summed E-state index contributed by atoms with van der Waals surface area (Å²) in [5.74, 6) is -2.19. The SMILES string of the molecule is C[C@@H](C(=O)Nc1nc2ccc(F)cc2s1)N1C(=O)[C@@H]2CC=CC[C@H]2C1=O. The van der Waals surface area contributed by atoms with Crippen LogP contribution in [0.3, 0.4) is 0 Å². The van der Waals surface area contributed by atoms with Crippen molar-refractivity contribution in [2.75, 3.05) is 5.32 Å². The Bertz CT molecular complexity index is 928. The second-order valence-corrected chi connectivity index (χ2v) is 7.53. The molecule has 1 aromatic heterocycles. The number of nitrogens with zero attached hydrogens (tertiary/aromatic N) is 2. The second-order valence-electron chi connectivity index (χ2n) is 6.50. The molecule has 4 rings (SSSR count). The maximum absolute atomic E-state index is 13.3. The number of allylic oxidation sites excluding steroid dienone is 2. The van der Waals surface area contributed by atoms with Crippen molar-refractivity contribution in [2.45, 2.75) is 25.8 Å². The van der Waals surface area contributed by atoms with Crippen molar-refractivity contribution in [3.8, 4) is 0 Å². The first-order valence-electron chi connectivity index (χ1n) is 8.34. The average molecular weight is 373 g/mol. The number of carbonyl (C=O) groups is 3. The Labute approximate surface area is 152 Å². The van der Waals surface area contributed by atoms with Gasteiger partial charge >= 0.3 is 0 Å². The van der Waals surface area contributed by atoms with Crippen molar-refractivity contribution >= 4 is 44.4 Å². The van der Waals surface area contributed by atoms with Crippen LogP contribution in [0.4, 0.5) is 9.52 Å². The van der Waals surface area contributed by atoms with Gasteiger partial charge in [0.15, 0.2) is 5.13 Å². The Kier molecular flexibility index (Phi) is 4.07. The highest BCUT2D eigenvalue weighted by Crippen LogP contribution is 2.36. The summed E-state index contributed by atoms with van der Waals surface area (Å²) in [5.41, 5.74) is 0.574. The van der Waals surface area contributed by atoms with Crippen LogP contribution in [0.15, 0.2) is 30.4 Å². The topological polar surface area (TPSA) is 79.4 Å². The molecule has 0 unspecified atom stereocenters. The van der Waals surface area contributed by atoms with E-state index in [9.17, 15) is 18.8 Å². The molecule has 0 radical (unpaired) electrons. The highest BCUT2D eigenvalue weighted by atomic mass is 32.1. The summed E-state index contributed by atoms with van der Waals surface area (Å²) in [6.45, 7) is 1.53. The fourth-order valence-corrected chi connectivity index (χ4v) is 4.38. The molecule has 1 aliphatic heterocycles. The summed E-state index contributed by atoms with van der Waals surface area (Å²) in [6, 6.07) is 3.25. The molecule has 0 bridgehead atoms. The third kappa shape index (κ3) is 2.70. The molecular formula is C18H16FN3O3S. The van der Waals surface area contributed by atoms with E-state index in [4.69, 9.17) is 0 Å². The Morgan fingerprint density at radius 2 is 1.92 bits per heavy atom. The number of amides is 3. The van der Waals surface area contributed by atoms with Crippen LogP contribution in [0.5, 0.6) is 0 Å². The molecule has 1 fully saturated rings. The van der Waals surface area contributed by atoms with Gasteiger partial charge in [0.2, 0.25) is 17.7 Å². The number of thiazole rings is 1. The quantitative estimate of drug-likeness (QED) is 0.663. The van der Waals surface area contributed by atoms with Crippen molar-refractivity contribution in [2.24, 2.45) is 11.8 Å². The van der Waals surface area contributed by atoms with E-state index in [-0.39, 0.29) is 29.5 Å². The lowest BCUT2D eigenvalue weighted by Crippen LogP contribution is -2.46. The molecule has 2 heterocycles. The van der Waals surface area contributed by atoms with Crippen LogP contribution in [-0.4, -0.2) is 33.6 Å². The molecule has 6 nitrogen and oxygen atoms in total. The van der Waals surface area contributed by atoms with E-state index in [1.165, 1.54) is 25.1 Å². The molecule has 0 spiro atoms. The number of anilines is 1. The van der Waals surface area contributed by atoms with Crippen LogP contribution >= 0.6 is 11.3 Å². The lowest BCUT2D eigenvalue weighted by molar-refractivity contribution is -0.146. The smallest absolute Gasteiger partial charge is 0.249 e. The third-order valence-electron chi connectivity index (χ3n) is 4.89. The van der Waals surface area contributed by atoms with Crippen molar-refractivity contribution in [3.05, 3.63) is 36.2 Å². The van der Waals surface area contributed by atoms with Crippen LogP contribution in [0.2, 0.25) is 0 Å². The van der Waals surface area contributed by atoms with E-state index in [0.717, 1.165) is 16.2 Å². The monoisotopic (exact) mass is 373 g/mol. The molecule has 2 aliphatic rings. The van der Waals surface area contributed by atoms with Crippen molar-refractivity contribution < 1.29 is 18.8 Å². The number of benzene rings is 1. The molecule has 8 heteroatoms. The number of likely N-dealkylation sites (tertiary alicyclic amines) is 1. The van der Waals surface area contributed by atoms with Crippen LogP contribution in [0, 0.1) is 17.7 Å². The number of rotatable bonds is 3. The van der Waals surface area contributed by atoms with E-state index >= 15 is 0 Å². The molecule has 26 heavy (non-hydrogen) atoms. The van der Waals surface area contributed by atoms with Gasteiger partial charge in [-0.25, -0.2) is 9.37 Å². The zero-order chi connectivity index (χ0) is 18.4. The summed E-state index contributed by atoms with van der Waals surface area (Å²) in [6.07, 6.45) is 4.87. The first kappa shape index (κ1) is 16.8. The number of carbonyl (C=O) groups excluding carboxylic acids is 3. The van der Waals surface area contributed by atoms with Gasteiger partial charge in [-0.05, 0) is 38.0 Å². The molecule has 3 amide bonds. The minimum absolute atomic E-state index is 0.293. The van der Waals surface area contributed by atoms with E-state index in [1.54, 1.807) is 0 Å². The van der Waals surface area contributed by atoms with Gasteiger partial charge in [0.1, 0.15) is 11.9 Å². The molecule has 134 valence electrons. The number of imide groups is 1.